The number of furan rings is 1. The fraction of sp³-hybridized carbons (Fsp3) is 0. The summed E-state index contributed by atoms with van der Waals surface area (Å²) in [6, 6.07) is 70.0. The molecule has 0 aliphatic heterocycles. The summed E-state index contributed by atoms with van der Waals surface area (Å²) in [6.07, 6.45) is 0. The van der Waals surface area contributed by atoms with Gasteiger partial charge in [0.2, 0.25) is 0 Å². The Labute approximate surface area is 329 Å². The van der Waals surface area contributed by atoms with Crippen molar-refractivity contribution in [2.24, 2.45) is 0 Å². The van der Waals surface area contributed by atoms with Crippen LogP contribution in [0.1, 0.15) is 0 Å². The Morgan fingerprint density at radius 1 is 0.298 bits per heavy atom. The lowest BCUT2D eigenvalue weighted by atomic mass is 9.89. The van der Waals surface area contributed by atoms with Crippen molar-refractivity contribution in [2.75, 3.05) is 0 Å². The molecular weight excluding hydrogens is 695 g/mol. The van der Waals surface area contributed by atoms with Crippen LogP contribution in [0.25, 0.3) is 111 Å². The molecule has 0 atom stereocenters. The van der Waals surface area contributed by atoms with Crippen LogP contribution in [-0.4, -0.2) is 15.0 Å². The molecule has 0 spiro atoms. The molecule has 0 unspecified atom stereocenters. The molecule has 57 heavy (non-hydrogen) atoms. The van der Waals surface area contributed by atoms with Gasteiger partial charge in [-0.25, -0.2) is 15.0 Å². The first-order valence-electron chi connectivity index (χ1n) is 19.2. The van der Waals surface area contributed by atoms with Crippen LogP contribution < -0.4 is 0 Å². The van der Waals surface area contributed by atoms with Crippen LogP contribution in [0.4, 0.5) is 0 Å². The number of hydrogen-bond donors (Lipinski definition) is 0. The van der Waals surface area contributed by atoms with Crippen molar-refractivity contribution in [3.8, 4) is 67.5 Å². The second kappa shape index (κ2) is 13.6. The standard InChI is InChI=1S/C53H33N3O/c1-3-12-34(13-4-1)40-20-11-21-43(30-40)45-28-29-47-50(46-32-41-18-9-10-19-42(41)33-48(46)57-47)49(45)36-23-25-38(26-24-36)52-54-51(37-15-5-2-6-16-37)55-53(56-52)44-27-22-35-14-7-8-17-39(35)31-44/h1-33H. The maximum absolute atomic E-state index is 6.61. The van der Waals surface area contributed by atoms with Gasteiger partial charge in [0.15, 0.2) is 17.5 Å². The Bertz CT molecular complexity index is 3280. The summed E-state index contributed by atoms with van der Waals surface area (Å²) in [5.41, 5.74) is 11.3. The number of fused-ring (bicyclic) bond motifs is 5. The number of aromatic nitrogens is 3. The molecule has 0 amide bonds. The third-order valence-corrected chi connectivity index (χ3v) is 10.9. The van der Waals surface area contributed by atoms with Crippen LogP contribution >= 0.6 is 0 Å². The van der Waals surface area contributed by atoms with Crippen molar-refractivity contribution in [2.45, 2.75) is 0 Å². The molecule has 0 fully saturated rings. The molecule has 0 aliphatic carbocycles. The van der Waals surface area contributed by atoms with Gasteiger partial charge < -0.3 is 4.42 Å². The molecule has 0 bridgehead atoms. The van der Waals surface area contributed by atoms with E-state index in [-0.39, 0.29) is 0 Å². The van der Waals surface area contributed by atoms with Crippen LogP contribution in [0, 0.1) is 0 Å². The third kappa shape index (κ3) is 5.92. The monoisotopic (exact) mass is 727 g/mol. The Balaban J connectivity index is 1.09. The Kier molecular flexibility index (Phi) is 7.78. The van der Waals surface area contributed by atoms with Gasteiger partial charge in [-0.1, -0.05) is 170 Å². The molecule has 0 aliphatic rings. The number of hydrogen-bond acceptors (Lipinski definition) is 4. The number of nitrogens with zero attached hydrogens (tertiary/aromatic N) is 3. The fourth-order valence-electron chi connectivity index (χ4n) is 8.06. The number of rotatable bonds is 6. The maximum Gasteiger partial charge on any atom is 0.164 e. The SMILES string of the molecule is c1ccc(-c2cccc(-c3ccc4oc5cc6ccccc6cc5c4c3-c3ccc(-c4nc(-c5ccccc5)nc(-c5ccc6ccccc6c5)n4)cc3)c2)cc1. The second-order valence-corrected chi connectivity index (χ2v) is 14.4. The van der Waals surface area contributed by atoms with Crippen molar-refractivity contribution in [3.05, 3.63) is 200 Å². The zero-order chi connectivity index (χ0) is 37.7. The van der Waals surface area contributed by atoms with Gasteiger partial charge in [-0.2, -0.15) is 0 Å². The van der Waals surface area contributed by atoms with Gasteiger partial charge in [0.25, 0.3) is 0 Å². The maximum atomic E-state index is 6.61. The molecule has 266 valence electrons. The van der Waals surface area contributed by atoms with Gasteiger partial charge in [-0.05, 0) is 79.7 Å². The summed E-state index contributed by atoms with van der Waals surface area (Å²) in [6.45, 7) is 0. The first-order valence-corrected chi connectivity index (χ1v) is 19.2. The molecule has 0 N–H and O–H groups in total. The minimum Gasteiger partial charge on any atom is -0.456 e. The van der Waals surface area contributed by atoms with Crippen LogP contribution in [-0.2, 0) is 0 Å². The second-order valence-electron chi connectivity index (χ2n) is 14.4. The van der Waals surface area contributed by atoms with Crippen LogP contribution in [0.5, 0.6) is 0 Å². The summed E-state index contributed by atoms with van der Waals surface area (Å²) in [5.74, 6) is 1.89. The number of benzene rings is 9. The molecule has 4 heteroatoms. The zero-order valence-corrected chi connectivity index (χ0v) is 30.8. The summed E-state index contributed by atoms with van der Waals surface area (Å²) >= 11 is 0. The van der Waals surface area contributed by atoms with Crippen molar-refractivity contribution >= 4 is 43.5 Å². The summed E-state index contributed by atoms with van der Waals surface area (Å²) in [4.78, 5) is 15.1. The fourth-order valence-corrected chi connectivity index (χ4v) is 8.06. The predicted octanol–water partition coefficient (Wildman–Crippen LogP) is 14.1. The first kappa shape index (κ1) is 32.7. The molecule has 2 aromatic heterocycles. The molecule has 11 rings (SSSR count). The van der Waals surface area contributed by atoms with E-state index in [2.05, 4.69) is 170 Å². The highest BCUT2D eigenvalue weighted by molar-refractivity contribution is 6.18. The quantitative estimate of drug-likeness (QED) is 0.171. The van der Waals surface area contributed by atoms with Gasteiger partial charge in [0, 0.05) is 33.0 Å². The first-order chi connectivity index (χ1) is 28.2. The van der Waals surface area contributed by atoms with Gasteiger partial charge in [-0.15, -0.1) is 0 Å². The Morgan fingerprint density at radius 2 is 0.825 bits per heavy atom. The van der Waals surface area contributed by atoms with Gasteiger partial charge in [0.05, 0.1) is 0 Å². The molecule has 4 nitrogen and oxygen atoms in total. The van der Waals surface area contributed by atoms with E-state index in [1.807, 2.05) is 30.3 Å². The average Bonchev–Trinajstić information content (AvgIpc) is 3.65. The topological polar surface area (TPSA) is 51.8 Å². The van der Waals surface area contributed by atoms with Gasteiger partial charge >= 0.3 is 0 Å². The molecule has 0 radical (unpaired) electrons. The lowest BCUT2D eigenvalue weighted by Crippen LogP contribution is -2.00. The lowest BCUT2D eigenvalue weighted by molar-refractivity contribution is 0.669. The van der Waals surface area contributed by atoms with Gasteiger partial charge in [0.1, 0.15) is 11.2 Å². The minimum absolute atomic E-state index is 0.618. The Hall–Kier alpha value is -7.69. The molecule has 0 saturated heterocycles. The van der Waals surface area contributed by atoms with Crippen molar-refractivity contribution < 1.29 is 4.42 Å². The van der Waals surface area contributed by atoms with E-state index in [0.717, 1.165) is 71.7 Å². The van der Waals surface area contributed by atoms with Crippen LogP contribution in [0.15, 0.2) is 205 Å². The lowest BCUT2D eigenvalue weighted by Gasteiger charge is -2.14. The Morgan fingerprint density at radius 3 is 1.54 bits per heavy atom. The van der Waals surface area contributed by atoms with E-state index in [1.54, 1.807) is 0 Å². The van der Waals surface area contributed by atoms with E-state index in [1.165, 1.54) is 21.9 Å². The summed E-state index contributed by atoms with van der Waals surface area (Å²) in [5, 5.41) is 6.83. The van der Waals surface area contributed by atoms with Crippen molar-refractivity contribution in [1.29, 1.82) is 0 Å². The summed E-state index contributed by atoms with van der Waals surface area (Å²) in [7, 11) is 0. The third-order valence-electron chi connectivity index (χ3n) is 10.9. The smallest absolute Gasteiger partial charge is 0.164 e. The summed E-state index contributed by atoms with van der Waals surface area (Å²) < 4.78 is 6.61. The normalized spacial score (nSPS) is 11.5. The largest absolute Gasteiger partial charge is 0.456 e. The zero-order valence-electron chi connectivity index (χ0n) is 30.8. The van der Waals surface area contributed by atoms with Crippen molar-refractivity contribution in [3.63, 3.8) is 0 Å². The highest BCUT2D eigenvalue weighted by atomic mass is 16.3. The van der Waals surface area contributed by atoms with Crippen molar-refractivity contribution in [1.82, 2.24) is 15.0 Å². The van der Waals surface area contributed by atoms with E-state index < -0.39 is 0 Å². The highest BCUT2D eigenvalue weighted by Crippen LogP contribution is 2.44. The minimum atomic E-state index is 0.618. The predicted molar refractivity (Wildman–Crippen MR) is 235 cm³/mol. The molecule has 9 aromatic carbocycles. The van der Waals surface area contributed by atoms with Gasteiger partial charge in [-0.3, -0.25) is 0 Å². The average molecular weight is 728 g/mol. The highest BCUT2D eigenvalue weighted by Gasteiger charge is 2.20. The molecule has 2 heterocycles. The van der Waals surface area contributed by atoms with Crippen LogP contribution in [0.3, 0.4) is 0 Å². The molecule has 0 saturated carbocycles. The van der Waals surface area contributed by atoms with E-state index in [0.29, 0.717) is 17.5 Å². The molecule has 11 aromatic rings. The molecular formula is C53H33N3O. The van der Waals surface area contributed by atoms with Crippen LogP contribution in [0.2, 0.25) is 0 Å². The van der Waals surface area contributed by atoms with E-state index in [9.17, 15) is 0 Å². The van der Waals surface area contributed by atoms with E-state index in [4.69, 9.17) is 19.4 Å². The van der Waals surface area contributed by atoms with E-state index >= 15 is 0 Å².